The molecular formula is C18H30N2O6. The molecule has 8 nitrogen and oxygen atoms in total. The molecule has 0 saturated carbocycles. The van der Waals surface area contributed by atoms with Gasteiger partial charge in [-0.15, -0.1) is 0 Å². The van der Waals surface area contributed by atoms with Crippen molar-refractivity contribution >= 4 is 18.0 Å². The van der Waals surface area contributed by atoms with Crippen molar-refractivity contribution in [2.45, 2.75) is 77.2 Å². The number of esters is 1. The largest absolute Gasteiger partial charge is 0.458 e. The van der Waals surface area contributed by atoms with Crippen molar-refractivity contribution in [1.29, 1.82) is 0 Å². The summed E-state index contributed by atoms with van der Waals surface area (Å²) in [6.45, 7) is 11.4. The molecule has 0 aromatic rings. The topological polar surface area (TPSA) is 103 Å². The average Bonchev–Trinajstić information content (AvgIpc) is 2.71. The molecule has 2 heterocycles. The highest BCUT2D eigenvalue weighted by Crippen LogP contribution is 2.34. The number of ether oxygens (including phenoxy) is 3. The number of rotatable bonds is 4. The molecule has 2 amide bonds. The Morgan fingerprint density at radius 3 is 2.19 bits per heavy atom. The molecule has 2 aliphatic rings. The molecule has 2 N–H and O–H groups in total. The lowest BCUT2D eigenvalue weighted by molar-refractivity contribution is -0.158. The third kappa shape index (κ3) is 5.59. The molecule has 1 spiro atoms. The Morgan fingerprint density at radius 1 is 1.19 bits per heavy atom. The van der Waals surface area contributed by atoms with Crippen LogP contribution in [-0.2, 0) is 23.8 Å². The maximum Gasteiger partial charge on any atom is 0.408 e. The Balaban J connectivity index is 2.06. The van der Waals surface area contributed by atoms with Crippen LogP contribution in [0.3, 0.4) is 0 Å². The minimum absolute atomic E-state index is 0.132. The van der Waals surface area contributed by atoms with E-state index in [0.717, 1.165) is 0 Å². The maximum atomic E-state index is 12.6. The average molecular weight is 370 g/mol. The summed E-state index contributed by atoms with van der Waals surface area (Å²) in [5, 5.41) is 5.50. The van der Waals surface area contributed by atoms with Gasteiger partial charge in [0.15, 0.2) is 0 Å². The zero-order valence-electron chi connectivity index (χ0n) is 16.4. The van der Waals surface area contributed by atoms with Crippen LogP contribution < -0.4 is 10.6 Å². The fourth-order valence-corrected chi connectivity index (χ4v) is 3.03. The normalized spacial score (nSPS) is 23.0. The van der Waals surface area contributed by atoms with Gasteiger partial charge in [-0.05, 0) is 54.4 Å². The van der Waals surface area contributed by atoms with Gasteiger partial charge in [-0.1, -0.05) is 0 Å². The summed E-state index contributed by atoms with van der Waals surface area (Å²) in [4.78, 5) is 37.0. The molecular weight excluding hydrogens is 340 g/mol. The SMILES string of the molecule is CC(C)(C)OC(=O)N[C@@H](CC1CC2(COC2)NC1=O)C(=O)OC(C)(C)C. The summed E-state index contributed by atoms with van der Waals surface area (Å²) in [5.41, 5.74) is -1.72. The highest BCUT2D eigenvalue weighted by atomic mass is 16.6. The summed E-state index contributed by atoms with van der Waals surface area (Å²) in [7, 11) is 0. The first kappa shape index (κ1) is 20.5. The lowest BCUT2D eigenvalue weighted by Gasteiger charge is -2.37. The van der Waals surface area contributed by atoms with E-state index in [1.165, 1.54) is 0 Å². The number of carbonyl (C=O) groups excluding carboxylic acids is 3. The second-order valence-electron chi connectivity index (χ2n) is 9.13. The van der Waals surface area contributed by atoms with E-state index in [1.54, 1.807) is 41.5 Å². The smallest absolute Gasteiger partial charge is 0.408 e. The second kappa shape index (κ2) is 7.06. The van der Waals surface area contributed by atoms with Gasteiger partial charge in [0.25, 0.3) is 0 Å². The number of carbonyl (C=O) groups is 3. The molecule has 0 aliphatic carbocycles. The van der Waals surface area contributed by atoms with Crippen LogP contribution in [0.15, 0.2) is 0 Å². The number of nitrogens with one attached hydrogen (secondary N) is 2. The van der Waals surface area contributed by atoms with E-state index in [9.17, 15) is 14.4 Å². The maximum absolute atomic E-state index is 12.6. The molecule has 2 rings (SSSR count). The third-order valence-corrected chi connectivity index (χ3v) is 4.06. The molecule has 0 aromatic heterocycles. The molecule has 148 valence electrons. The Labute approximate surface area is 154 Å². The molecule has 0 aromatic carbocycles. The van der Waals surface area contributed by atoms with Crippen LogP contribution in [0.1, 0.15) is 54.4 Å². The molecule has 26 heavy (non-hydrogen) atoms. The summed E-state index contributed by atoms with van der Waals surface area (Å²) >= 11 is 0. The standard InChI is InChI=1S/C18H30N2O6/c1-16(2,3)25-14(22)12(19-15(23)26-17(4,5)6)7-11-8-18(9-24-10-18)20-13(11)21/h11-12H,7-10H2,1-6H3,(H,19,23)(H,20,21)/t11?,12-/m0/s1. The van der Waals surface area contributed by atoms with Crippen molar-refractivity contribution in [2.75, 3.05) is 13.2 Å². The van der Waals surface area contributed by atoms with Crippen LogP contribution in [0, 0.1) is 5.92 Å². The van der Waals surface area contributed by atoms with E-state index >= 15 is 0 Å². The highest BCUT2D eigenvalue weighted by molar-refractivity contribution is 5.85. The van der Waals surface area contributed by atoms with Crippen molar-refractivity contribution < 1.29 is 28.6 Å². The van der Waals surface area contributed by atoms with E-state index < -0.39 is 35.2 Å². The number of alkyl carbamates (subject to hydrolysis) is 1. The first-order valence-corrected chi connectivity index (χ1v) is 8.91. The fraction of sp³-hybridized carbons (Fsp3) is 0.833. The van der Waals surface area contributed by atoms with Gasteiger partial charge in [0.05, 0.1) is 18.8 Å². The van der Waals surface area contributed by atoms with Crippen LogP contribution in [0.4, 0.5) is 4.79 Å². The van der Waals surface area contributed by atoms with Gasteiger partial charge in [0.2, 0.25) is 5.91 Å². The van der Waals surface area contributed by atoms with Crippen molar-refractivity contribution in [3.8, 4) is 0 Å². The summed E-state index contributed by atoms with van der Waals surface area (Å²) < 4.78 is 15.8. The van der Waals surface area contributed by atoms with Crippen LogP contribution in [0.5, 0.6) is 0 Å². The zero-order valence-corrected chi connectivity index (χ0v) is 16.4. The predicted molar refractivity (Wildman–Crippen MR) is 93.4 cm³/mol. The van der Waals surface area contributed by atoms with E-state index in [-0.39, 0.29) is 17.9 Å². The Bertz CT molecular complexity index is 571. The zero-order chi connectivity index (χ0) is 19.8. The van der Waals surface area contributed by atoms with E-state index in [0.29, 0.717) is 19.6 Å². The Kier molecular flexibility index (Phi) is 5.56. The first-order valence-electron chi connectivity index (χ1n) is 8.91. The van der Waals surface area contributed by atoms with Crippen LogP contribution in [0.25, 0.3) is 0 Å². The molecule has 2 fully saturated rings. The molecule has 0 bridgehead atoms. The Morgan fingerprint density at radius 2 is 1.77 bits per heavy atom. The first-order chi connectivity index (χ1) is 11.8. The number of hydrogen-bond donors (Lipinski definition) is 2. The monoisotopic (exact) mass is 370 g/mol. The van der Waals surface area contributed by atoms with E-state index in [1.807, 2.05) is 0 Å². The third-order valence-electron chi connectivity index (χ3n) is 4.06. The molecule has 2 saturated heterocycles. The van der Waals surface area contributed by atoms with E-state index in [2.05, 4.69) is 10.6 Å². The predicted octanol–water partition coefficient (Wildman–Crippen LogP) is 1.52. The van der Waals surface area contributed by atoms with Gasteiger partial charge in [-0.2, -0.15) is 0 Å². The van der Waals surface area contributed by atoms with Crippen LogP contribution in [0.2, 0.25) is 0 Å². The van der Waals surface area contributed by atoms with Gasteiger partial charge >= 0.3 is 12.1 Å². The molecule has 0 radical (unpaired) electrons. The minimum Gasteiger partial charge on any atom is -0.458 e. The summed E-state index contributed by atoms with van der Waals surface area (Å²) in [5.74, 6) is -1.11. The number of amides is 2. The van der Waals surface area contributed by atoms with Gasteiger partial charge in [-0.3, -0.25) is 4.79 Å². The molecule has 8 heteroatoms. The quantitative estimate of drug-likeness (QED) is 0.727. The van der Waals surface area contributed by atoms with Gasteiger partial charge in [0, 0.05) is 5.92 Å². The van der Waals surface area contributed by atoms with Crippen LogP contribution in [-0.4, -0.2) is 54.0 Å². The van der Waals surface area contributed by atoms with Gasteiger partial charge in [0.1, 0.15) is 17.2 Å². The lowest BCUT2D eigenvalue weighted by Crippen LogP contribution is -2.57. The molecule has 2 aliphatic heterocycles. The second-order valence-corrected chi connectivity index (χ2v) is 9.13. The molecule has 2 atom stereocenters. The van der Waals surface area contributed by atoms with Gasteiger partial charge in [-0.25, -0.2) is 9.59 Å². The van der Waals surface area contributed by atoms with Crippen LogP contribution >= 0.6 is 0 Å². The van der Waals surface area contributed by atoms with Crippen molar-refractivity contribution in [2.24, 2.45) is 5.92 Å². The minimum atomic E-state index is -0.962. The molecule has 1 unspecified atom stereocenters. The lowest BCUT2D eigenvalue weighted by atomic mass is 9.88. The fourth-order valence-electron chi connectivity index (χ4n) is 3.03. The Hall–Kier alpha value is -1.83. The van der Waals surface area contributed by atoms with Crippen molar-refractivity contribution in [3.63, 3.8) is 0 Å². The summed E-state index contributed by atoms with van der Waals surface area (Å²) in [6.07, 6.45) is 0.0107. The summed E-state index contributed by atoms with van der Waals surface area (Å²) in [6, 6.07) is -0.962. The van der Waals surface area contributed by atoms with Crippen molar-refractivity contribution in [1.82, 2.24) is 10.6 Å². The van der Waals surface area contributed by atoms with Gasteiger partial charge < -0.3 is 24.8 Å². The highest BCUT2D eigenvalue weighted by Gasteiger charge is 2.50. The number of hydrogen-bond acceptors (Lipinski definition) is 6. The van der Waals surface area contributed by atoms with E-state index in [4.69, 9.17) is 14.2 Å². The van der Waals surface area contributed by atoms with Crippen molar-refractivity contribution in [3.05, 3.63) is 0 Å².